The number of unbranched alkanes of at least 4 members (excludes halogenated alkanes) is 3. The number of oxime groups is 1. The highest BCUT2D eigenvalue weighted by Crippen LogP contribution is 2.05. The second-order valence-electron chi connectivity index (χ2n) is 3.71. The Kier molecular flexibility index (Phi) is 5.51. The third-order valence-electron chi connectivity index (χ3n) is 2.38. The lowest BCUT2D eigenvalue weighted by Gasteiger charge is -2.04. The molecule has 0 aliphatic carbocycles. The van der Waals surface area contributed by atoms with Crippen molar-refractivity contribution in [1.82, 2.24) is 9.55 Å². The SMILES string of the molecule is CCCCCC/C(Cn1ccnc1)=N\O. The fourth-order valence-electron chi connectivity index (χ4n) is 1.51. The summed E-state index contributed by atoms with van der Waals surface area (Å²) in [5.74, 6) is 0. The van der Waals surface area contributed by atoms with Crippen LogP contribution in [0, 0.1) is 0 Å². The predicted molar refractivity (Wildman–Crippen MR) is 60.2 cm³/mol. The molecule has 0 bridgehead atoms. The average molecular weight is 209 g/mol. The molecule has 1 rings (SSSR count). The third-order valence-corrected chi connectivity index (χ3v) is 2.38. The molecule has 1 aromatic heterocycles. The number of imidazole rings is 1. The van der Waals surface area contributed by atoms with Gasteiger partial charge in [0.25, 0.3) is 0 Å². The van der Waals surface area contributed by atoms with Crippen molar-refractivity contribution >= 4 is 5.71 Å². The van der Waals surface area contributed by atoms with Gasteiger partial charge in [-0.05, 0) is 12.8 Å². The largest absolute Gasteiger partial charge is 0.411 e. The smallest absolute Gasteiger partial charge is 0.0949 e. The van der Waals surface area contributed by atoms with Gasteiger partial charge in [-0.25, -0.2) is 4.98 Å². The standard InChI is InChI=1S/C11H19N3O/c1-2-3-4-5-6-11(13-15)9-14-8-7-12-10-14/h7-8,10,15H,2-6,9H2,1H3/b13-11+. The van der Waals surface area contributed by atoms with Crippen LogP contribution in [0.3, 0.4) is 0 Å². The topological polar surface area (TPSA) is 50.4 Å². The van der Waals surface area contributed by atoms with Crippen LogP contribution >= 0.6 is 0 Å². The van der Waals surface area contributed by atoms with Gasteiger partial charge in [0.2, 0.25) is 0 Å². The van der Waals surface area contributed by atoms with Crippen LogP contribution in [0.1, 0.15) is 39.0 Å². The van der Waals surface area contributed by atoms with E-state index in [1.54, 1.807) is 12.5 Å². The van der Waals surface area contributed by atoms with E-state index in [0.717, 1.165) is 18.6 Å². The molecule has 0 saturated carbocycles. The van der Waals surface area contributed by atoms with Crippen LogP contribution in [0.4, 0.5) is 0 Å². The van der Waals surface area contributed by atoms with Gasteiger partial charge in [-0.1, -0.05) is 31.3 Å². The minimum absolute atomic E-state index is 0.641. The molecule has 0 fully saturated rings. The van der Waals surface area contributed by atoms with Gasteiger partial charge >= 0.3 is 0 Å². The van der Waals surface area contributed by atoms with E-state index in [9.17, 15) is 0 Å². The third kappa shape index (κ3) is 4.63. The zero-order valence-corrected chi connectivity index (χ0v) is 9.26. The number of hydrogen-bond donors (Lipinski definition) is 1. The first-order valence-electron chi connectivity index (χ1n) is 5.52. The Bertz CT molecular complexity index is 280. The Balaban J connectivity index is 2.25. The van der Waals surface area contributed by atoms with Crippen LogP contribution in [0.5, 0.6) is 0 Å². The van der Waals surface area contributed by atoms with E-state index in [1.807, 2.05) is 10.8 Å². The summed E-state index contributed by atoms with van der Waals surface area (Å²) >= 11 is 0. The Morgan fingerprint density at radius 2 is 2.27 bits per heavy atom. The quantitative estimate of drug-likeness (QED) is 0.325. The van der Waals surface area contributed by atoms with Crippen LogP contribution in [-0.4, -0.2) is 20.5 Å². The summed E-state index contributed by atoms with van der Waals surface area (Å²) < 4.78 is 1.91. The first-order valence-corrected chi connectivity index (χ1v) is 5.52. The van der Waals surface area contributed by atoms with Crippen LogP contribution in [0.15, 0.2) is 23.9 Å². The number of nitrogens with zero attached hydrogens (tertiary/aromatic N) is 3. The van der Waals surface area contributed by atoms with Crippen molar-refractivity contribution in [1.29, 1.82) is 0 Å². The van der Waals surface area contributed by atoms with Crippen LogP contribution < -0.4 is 0 Å². The minimum Gasteiger partial charge on any atom is -0.411 e. The van der Waals surface area contributed by atoms with Crippen molar-refractivity contribution in [2.24, 2.45) is 5.16 Å². The highest BCUT2D eigenvalue weighted by Gasteiger charge is 2.01. The van der Waals surface area contributed by atoms with Gasteiger partial charge in [0.15, 0.2) is 0 Å². The highest BCUT2D eigenvalue weighted by atomic mass is 16.4. The van der Waals surface area contributed by atoms with E-state index >= 15 is 0 Å². The van der Waals surface area contributed by atoms with E-state index in [4.69, 9.17) is 5.21 Å². The maximum Gasteiger partial charge on any atom is 0.0949 e. The van der Waals surface area contributed by atoms with Crippen LogP contribution in [-0.2, 0) is 6.54 Å². The molecule has 1 heterocycles. The summed E-state index contributed by atoms with van der Waals surface area (Å²) in [5, 5.41) is 12.2. The lowest BCUT2D eigenvalue weighted by atomic mass is 10.1. The molecule has 4 heteroatoms. The molecule has 84 valence electrons. The molecule has 0 aromatic carbocycles. The van der Waals surface area contributed by atoms with Gasteiger partial charge in [-0.2, -0.15) is 0 Å². The minimum atomic E-state index is 0.641. The van der Waals surface area contributed by atoms with Gasteiger partial charge in [-0.3, -0.25) is 0 Å². The number of aromatic nitrogens is 2. The van der Waals surface area contributed by atoms with Crippen molar-refractivity contribution in [3.05, 3.63) is 18.7 Å². The van der Waals surface area contributed by atoms with E-state index in [1.165, 1.54) is 19.3 Å². The molecule has 1 N–H and O–H groups in total. The summed E-state index contributed by atoms with van der Waals surface area (Å²) in [4.78, 5) is 3.95. The molecule has 0 amide bonds. The van der Waals surface area contributed by atoms with Gasteiger partial charge in [0.1, 0.15) is 0 Å². The Morgan fingerprint density at radius 1 is 1.40 bits per heavy atom. The van der Waals surface area contributed by atoms with Crippen molar-refractivity contribution in [3.63, 3.8) is 0 Å². The molecule has 15 heavy (non-hydrogen) atoms. The highest BCUT2D eigenvalue weighted by molar-refractivity contribution is 5.83. The van der Waals surface area contributed by atoms with Crippen LogP contribution in [0.2, 0.25) is 0 Å². The summed E-state index contributed by atoms with van der Waals surface area (Å²) in [6, 6.07) is 0. The molecule has 0 atom stereocenters. The zero-order chi connectivity index (χ0) is 10.9. The van der Waals surface area contributed by atoms with Crippen molar-refractivity contribution in [2.75, 3.05) is 0 Å². The van der Waals surface area contributed by atoms with Crippen LogP contribution in [0.25, 0.3) is 0 Å². The number of hydrogen-bond acceptors (Lipinski definition) is 3. The first-order chi connectivity index (χ1) is 7.36. The molecule has 0 spiro atoms. The molecule has 4 nitrogen and oxygen atoms in total. The van der Waals surface area contributed by atoms with Crippen molar-refractivity contribution in [2.45, 2.75) is 45.6 Å². The summed E-state index contributed by atoms with van der Waals surface area (Å²) in [7, 11) is 0. The lowest BCUT2D eigenvalue weighted by Crippen LogP contribution is -2.08. The Labute approximate surface area is 90.6 Å². The molecule has 0 aliphatic rings. The fourth-order valence-corrected chi connectivity index (χ4v) is 1.51. The van der Waals surface area contributed by atoms with E-state index in [2.05, 4.69) is 17.1 Å². The average Bonchev–Trinajstić information content (AvgIpc) is 2.75. The maximum atomic E-state index is 8.84. The molecule has 0 aliphatic heterocycles. The lowest BCUT2D eigenvalue weighted by molar-refractivity contribution is 0.315. The van der Waals surface area contributed by atoms with Crippen molar-refractivity contribution in [3.8, 4) is 0 Å². The maximum absolute atomic E-state index is 8.84. The monoisotopic (exact) mass is 209 g/mol. The van der Waals surface area contributed by atoms with Gasteiger partial charge in [0.05, 0.1) is 18.6 Å². The zero-order valence-electron chi connectivity index (χ0n) is 9.26. The normalized spacial score (nSPS) is 11.9. The van der Waals surface area contributed by atoms with Gasteiger partial charge < -0.3 is 9.77 Å². The fraction of sp³-hybridized carbons (Fsp3) is 0.636. The second kappa shape index (κ2) is 7.04. The van der Waals surface area contributed by atoms with E-state index in [-0.39, 0.29) is 0 Å². The summed E-state index contributed by atoms with van der Waals surface area (Å²) in [5.41, 5.74) is 0.823. The second-order valence-corrected chi connectivity index (χ2v) is 3.71. The molecule has 0 unspecified atom stereocenters. The molecule has 0 saturated heterocycles. The first kappa shape index (κ1) is 11.8. The number of rotatable bonds is 7. The summed E-state index contributed by atoms with van der Waals surface area (Å²) in [6.45, 7) is 2.83. The molecule has 1 aromatic rings. The Hall–Kier alpha value is -1.32. The Morgan fingerprint density at radius 3 is 2.87 bits per heavy atom. The predicted octanol–water partition coefficient (Wildman–Crippen LogP) is 2.68. The van der Waals surface area contributed by atoms with Crippen molar-refractivity contribution < 1.29 is 5.21 Å². The van der Waals surface area contributed by atoms with Gasteiger partial charge in [0, 0.05) is 12.4 Å². The molecule has 0 radical (unpaired) electrons. The van der Waals surface area contributed by atoms with E-state index < -0.39 is 0 Å². The van der Waals surface area contributed by atoms with Gasteiger partial charge in [-0.15, -0.1) is 0 Å². The molecular formula is C11H19N3O. The molecular weight excluding hydrogens is 190 g/mol. The summed E-state index contributed by atoms with van der Waals surface area (Å²) in [6.07, 6.45) is 11.0. The van der Waals surface area contributed by atoms with E-state index in [0.29, 0.717) is 6.54 Å².